The van der Waals surface area contributed by atoms with Crippen molar-refractivity contribution in [1.29, 1.82) is 0 Å². The SMILES string of the molecule is CN(C)CCCNC(=O)/C=C/c1cccc(Cl)c1. The molecule has 0 aliphatic carbocycles. The van der Waals surface area contributed by atoms with E-state index in [-0.39, 0.29) is 5.91 Å². The molecule has 18 heavy (non-hydrogen) atoms. The van der Waals surface area contributed by atoms with Crippen LogP contribution in [0.15, 0.2) is 30.3 Å². The van der Waals surface area contributed by atoms with Crippen molar-refractivity contribution in [2.24, 2.45) is 0 Å². The monoisotopic (exact) mass is 266 g/mol. The Hall–Kier alpha value is -1.32. The summed E-state index contributed by atoms with van der Waals surface area (Å²) in [5, 5.41) is 3.51. The molecule has 0 unspecified atom stereocenters. The highest BCUT2D eigenvalue weighted by molar-refractivity contribution is 6.30. The first-order valence-electron chi connectivity index (χ1n) is 5.94. The molecule has 1 N–H and O–H groups in total. The van der Waals surface area contributed by atoms with E-state index < -0.39 is 0 Å². The van der Waals surface area contributed by atoms with Crippen LogP contribution < -0.4 is 5.32 Å². The minimum atomic E-state index is -0.0752. The summed E-state index contributed by atoms with van der Waals surface area (Å²) in [5.41, 5.74) is 0.922. The van der Waals surface area contributed by atoms with Crippen LogP contribution in [0.4, 0.5) is 0 Å². The Bertz CT molecular complexity index is 416. The Morgan fingerprint density at radius 1 is 1.44 bits per heavy atom. The summed E-state index contributed by atoms with van der Waals surface area (Å²) in [7, 11) is 4.03. The second-order valence-electron chi connectivity index (χ2n) is 4.34. The summed E-state index contributed by atoms with van der Waals surface area (Å²) in [6, 6.07) is 7.39. The predicted molar refractivity (Wildman–Crippen MR) is 76.7 cm³/mol. The molecule has 0 aliphatic rings. The Morgan fingerprint density at radius 2 is 2.22 bits per heavy atom. The smallest absolute Gasteiger partial charge is 0.243 e. The van der Waals surface area contributed by atoms with E-state index in [0.717, 1.165) is 18.5 Å². The van der Waals surface area contributed by atoms with Crippen LogP contribution in [0.1, 0.15) is 12.0 Å². The molecule has 98 valence electrons. The molecule has 1 amide bonds. The van der Waals surface area contributed by atoms with Gasteiger partial charge in [-0.05, 0) is 50.8 Å². The van der Waals surface area contributed by atoms with Crippen molar-refractivity contribution in [2.75, 3.05) is 27.2 Å². The lowest BCUT2D eigenvalue weighted by molar-refractivity contribution is -0.116. The molecule has 0 bridgehead atoms. The van der Waals surface area contributed by atoms with Crippen LogP contribution in [0.3, 0.4) is 0 Å². The molecule has 0 saturated carbocycles. The number of carbonyl (C=O) groups is 1. The molecule has 1 rings (SSSR count). The number of nitrogens with one attached hydrogen (secondary N) is 1. The fourth-order valence-electron chi connectivity index (χ4n) is 1.45. The van der Waals surface area contributed by atoms with Crippen molar-refractivity contribution >= 4 is 23.6 Å². The Kier molecular flexibility index (Phi) is 6.47. The van der Waals surface area contributed by atoms with E-state index in [9.17, 15) is 4.79 Å². The summed E-state index contributed by atoms with van der Waals surface area (Å²) in [4.78, 5) is 13.6. The highest BCUT2D eigenvalue weighted by atomic mass is 35.5. The fourth-order valence-corrected chi connectivity index (χ4v) is 1.65. The van der Waals surface area contributed by atoms with Gasteiger partial charge in [-0.25, -0.2) is 0 Å². The van der Waals surface area contributed by atoms with Gasteiger partial charge in [-0.3, -0.25) is 4.79 Å². The van der Waals surface area contributed by atoms with Crippen LogP contribution in [0.2, 0.25) is 5.02 Å². The number of hydrogen-bond donors (Lipinski definition) is 1. The highest BCUT2D eigenvalue weighted by Crippen LogP contribution is 2.11. The Balaban J connectivity index is 2.31. The van der Waals surface area contributed by atoms with Crippen molar-refractivity contribution < 1.29 is 4.79 Å². The van der Waals surface area contributed by atoms with Gasteiger partial charge >= 0.3 is 0 Å². The van der Waals surface area contributed by atoms with Gasteiger partial charge < -0.3 is 10.2 Å². The quantitative estimate of drug-likeness (QED) is 0.634. The highest BCUT2D eigenvalue weighted by Gasteiger charge is 1.96. The minimum absolute atomic E-state index is 0.0752. The third-order valence-corrected chi connectivity index (χ3v) is 2.59. The molecule has 0 fully saturated rings. The van der Waals surface area contributed by atoms with Crippen molar-refractivity contribution in [1.82, 2.24) is 10.2 Å². The van der Waals surface area contributed by atoms with Gasteiger partial charge in [0.2, 0.25) is 5.91 Å². The minimum Gasteiger partial charge on any atom is -0.353 e. The Morgan fingerprint density at radius 3 is 2.89 bits per heavy atom. The summed E-state index contributed by atoms with van der Waals surface area (Å²) < 4.78 is 0. The van der Waals surface area contributed by atoms with Gasteiger partial charge in [-0.1, -0.05) is 23.7 Å². The second-order valence-corrected chi connectivity index (χ2v) is 4.77. The molecular weight excluding hydrogens is 248 g/mol. The number of nitrogens with zero attached hydrogens (tertiary/aromatic N) is 1. The van der Waals surface area contributed by atoms with Crippen LogP contribution >= 0.6 is 11.6 Å². The van der Waals surface area contributed by atoms with Crippen LogP contribution in [0, 0.1) is 0 Å². The van der Waals surface area contributed by atoms with Gasteiger partial charge in [-0.15, -0.1) is 0 Å². The molecule has 0 radical (unpaired) electrons. The van der Waals surface area contributed by atoms with Crippen molar-refractivity contribution in [3.8, 4) is 0 Å². The van der Waals surface area contributed by atoms with Gasteiger partial charge in [0.25, 0.3) is 0 Å². The van der Waals surface area contributed by atoms with Crippen LogP contribution in [0.5, 0.6) is 0 Å². The lowest BCUT2D eigenvalue weighted by atomic mass is 10.2. The summed E-state index contributed by atoms with van der Waals surface area (Å²) in [6.07, 6.45) is 4.23. The Labute approximate surface area is 113 Å². The lowest BCUT2D eigenvalue weighted by Gasteiger charge is -2.08. The number of rotatable bonds is 6. The molecule has 0 spiro atoms. The molecular formula is C14H19ClN2O. The largest absolute Gasteiger partial charge is 0.353 e. The first kappa shape index (κ1) is 14.7. The van der Waals surface area contributed by atoms with E-state index >= 15 is 0 Å². The van der Waals surface area contributed by atoms with Gasteiger partial charge in [0, 0.05) is 17.6 Å². The maximum absolute atomic E-state index is 11.5. The second kappa shape index (κ2) is 7.90. The fraction of sp³-hybridized carbons (Fsp3) is 0.357. The van der Waals surface area contributed by atoms with Crippen LogP contribution in [-0.2, 0) is 4.79 Å². The van der Waals surface area contributed by atoms with Gasteiger partial charge in [0.1, 0.15) is 0 Å². The van der Waals surface area contributed by atoms with Crippen molar-refractivity contribution in [3.05, 3.63) is 40.9 Å². The first-order valence-corrected chi connectivity index (χ1v) is 6.32. The normalized spacial score (nSPS) is 11.1. The molecule has 0 saturated heterocycles. The molecule has 4 heteroatoms. The van der Waals surface area contributed by atoms with E-state index in [1.165, 1.54) is 6.08 Å². The van der Waals surface area contributed by atoms with Gasteiger partial charge in [0.15, 0.2) is 0 Å². The topological polar surface area (TPSA) is 32.3 Å². The number of carbonyl (C=O) groups excluding carboxylic acids is 1. The summed E-state index contributed by atoms with van der Waals surface area (Å²) in [6.45, 7) is 1.66. The molecule has 1 aromatic rings. The van der Waals surface area contributed by atoms with E-state index in [2.05, 4.69) is 10.2 Å². The maximum Gasteiger partial charge on any atom is 0.243 e. The zero-order valence-electron chi connectivity index (χ0n) is 10.8. The molecule has 3 nitrogen and oxygen atoms in total. The average molecular weight is 267 g/mol. The number of hydrogen-bond acceptors (Lipinski definition) is 2. The third kappa shape index (κ3) is 6.42. The molecule has 0 atom stereocenters. The maximum atomic E-state index is 11.5. The molecule has 0 aromatic heterocycles. The number of halogens is 1. The average Bonchev–Trinajstić information content (AvgIpc) is 2.32. The number of benzene rings is 1. The first-order chi connectivity index (χ1) is 8.58. The van der Waals surface area contributed by atoms with Gasteiger partial charge in [-0.2, -0.15) is 0 Å². The van der Waals surface area contributed by atoms with E-state index in [1.807, 2.05) is 32.3 Å². The van der Waals surface area contributed by atoms with E-state index in [1.54, 1.807) is 12.1 Å². The van der Waals surface area contributed by atoms with E-state index in [4.69, 9.17) is 11.6 Å². The molecule has 0 heterocycles. The van der Waals surface area contributed by atoms with Crippen LogP contribution in [0.25, 0.3) is 6.08 Å². The van der Waals surface area contributed by atoms with E-state index in [0.29, 0.717) is 11.6 Å². The third-order valence-electron chi connectivity index (χ3n) is 2.36. The van der Waals surface area contributed by atoms with Crippen molar-refractivity contribution in [3.63, 3.8) is 0 Å². The molecule has 1 aromatic carbocycles. The zero-order valence-corrected chi connectivity index (χ0v) is 11.6. The number of amides is 1. The standard InChI is InChI=1S/C14H19ClN2O/c1-17(2)10-4-9-16-14(18)8-7-12-5-3-6-13(15)11-12/h3,5-8,11H,4,9-10H2,1-2H3,(H,16,18)/b8-7+. The summed E-state index contributed by atoms with van der Waals surface area (Å²) >= 11 is 5.85. The summed E-state index contributed by atoms with van der Waals surface area (Å²) in [5.74, 6) is -0.0752. The lowest BCUT2D eigenvalue weighted by Crippen LogP contribution is -2.25. The van der Waals surface area contributed by atoms with Crippen LogP contribution in [-0.4, -0.2) is 38.0 Å². The van der Waals surface area contributed by atoms with Crippen molar-refractivity contribution in [2.45, 2.75) is 6.42 Å². The molecule has 0 aliphatic heterocycles. The zero-order chi connectivity index (χ0) is 13.4. The predicted octanol–water partition coefficient (Wildman–Crippen LogP) is 2.42. The van der Waals surface area contributed by atoms with Gasteiger partial charge in [0.05, 0.1) is 0 Å².